The molecule has 0 bridgehead atoms. The molecule has 33 heavy (non-hydrogen) atoms. The molecule has 0 aromatic heterocycles. The van der Waals surface area contributed by atoms with Gasteiger partial charge in [0.1, 0.15) is 11.1 Å². The van der Waals surface area contributed by atoms with Crippen LogP contribution in [0.3, 0.4) is 0 Å². The number of rotatable bonds is 7. The lowest BCUT2D eigenvalue weighted by molar-refractivity contribution is -0.116. The second-order valence-corrected chi connectivity index (χ2v) is 9.41. The summed E-state index contributed by atoms with van der Waals surface area (Å²) in [5, 5.41) is 2.87. The number of thioether (sulfide) groups is 1. The molecule has 1 saturated heterocycles. The highest BCUT2D eigenvalue weighted by molar-refractivity contribution is 8.00. The molecule has 3 aromatic carbocycles. The Hall–Kier alpha value is -3.25. The third-order valence-electron chi connectivity index (χ3n) is 5.67. The molecule has 1 fully saturated rings. The first kappa shape index (κ1) is 22.9. The maximum atomic E-state index is 12.9. The van der Waals surface area contributed by atoms with Crippen LogP contribution in [0.15, 0.2) is 72.8 Å². The monoisotopic (exact) mass is 460 g/mol. The van der Waals surface area contributed by atoms with Crippen LogP contribution in [0.2, 0.25) is 0 Å². The van der Waals surface area contributed by atoms with Crippen LogP contribution in [-0.2, 0) is 16.0 Å². The highest BCUT2D eigenvalue weighted by Gasteiger charge is 2.35. The van der Waals surface area contributed by atoms with Crippen LogP contribution in [0.4, 0.5) is 11.4 Å². The van der Waals surface area contributed by atoms with E-state index in [0.29, 0.717) is 11.7 Å². The molecule has 4 rings (SSSR count). The first-order valence-corrected chi connectivity index (χ1v) is 12.1. The van der Waals surface area contributed by atoms with Gasteiger partial charge in [-0.25, -0.2) is 0 Å². The smallest absolute Gasteiger partial charge is 0.238 e. The number of nitrogens with zero attached hydrogens (tertiary/aromatic N) is 1. The molecular weight excluding hydrogens is 432 g/mol. The number of hydrogen-bond acceptors (Lipinski definition) is 4. The fourth-order valence-electron chi connectivity index (χ4n) is 4.03. The fourth-order valence-corrected chi connectivity index (χ4v) is 5.19. The molecule has 3 aromatic rings. The Kier molecular flexibility index (Phi) is 7.04. The van der Waals surface area contributed by atoms with Gasteiger partial charge in [0.25, 0.3) is 0 Å². The number of amides is 2. The van der Waals surface area contributed by atoms with E-state index < -0.39 is 0 Å². The number of carbonyl (C=O) groups excluding carboxylic acids is 2. The topological polar surface area (TPSA) is 58.6 Å². The van der Waals surface area contributed by atoms with Crippen molar-refractivity contribution in [1.82, 2.24) is 0 Å². The van der Waals surface area contributed by atoms with Gasteiger partial charge in [-0.1, -0.05) is 56.3 Å². The van der Waals surface area contributed by atoms with Gasteiger partial charge in [-0.2, -0.15) is 0 Å². The summed E-state index contributed by atoms with van der Waals surface area (Å²) >= 11 is 1.61. The van der Waals surface area contributed by atoms with Crippen LogP contribution in [0.5, 0.6) is 5.75 Å². The zero-order chi connectivity index (χ0) is 23.4. The first-order chi connectivity index (χ1) is 16.0. The van der Waals surface area contributed by atoms with E-state index in [1.807, 2.05) is 71.6 Å². The lowest BCUT2D eigenvalue weighted by atomic mass is 10.00. The Morgan fingerprint density at radius 2 is 1.85 bits per heavy atom. The molecular formula is C27H28N2O3S. The predicted molar refractivity (Wildman–Crippen MR) is 135 cm³/mol. The SMILES string of the molecule is COc1ccc(CC(=O)Nc2cccc([C@@H]3SCC(=O)N3c3ccccc3C(C)C)c2)cc1. The van der Waals surface area contributed by atoms with Crippen molar-refractivity contribution in [3.63, 3.8) is 0 Å². The summed E-state index contributed by atoms with van der Waals surface area (Å²) in [7, 11) is 1.62. The quantitative estimate of drug-likeness (QED) is 0.486. The van der Waals surface area contributed by atoms with E-state index in [1.165, 1.54) is 0 Å². The lowest BCUT2D eigenvalue weighted by Crippen LogP contribution is -2.29. The van der Waals surface area contributed by atoms with Crippen molar-refractivity contribution in [2.45, 2.75) is 31.6 Å². The van der Waals surface area contributed by atoms with Gasteiger partial charge in [0.2, 0.25) is 11.8 Å². The van der Waals surface area contributed by atoms with Gasteiger partial charge in [-0.15, -0.1) is 11.8 Å². The Morgan fingerprint density at radius 1 is 1.09 bits per heavy atom. The van der Waals surface area contributed by atoms with Gasteiger partial charge in [0.15, 0.2) is 0 Å². The number of para-hydroxylation sites is 1. The Bertz CT molecular complexity index is 1140. The Balaban J connectivity index is 1.53. The van der Waals surface area contributed by atoms with Gasteiger partial charge >= 0.3 is 0 Å². The van der Waals surface area contributed by atoms with Gasteiger partial charge in [-0.05, 0) is 52.9 Å². The fraction of sp³-hybridized carbons (Fsp3) is 0.259. The number of ether oxygens (including phenoxy) is 1. The van der Waals surface area contributed by atoms with E-state index in [1.54, 1.807) is 18.9 Å². The number of anilines is 2. The van der Waals surface area contributed by atoms with Gasteiger partial charge in [-0.3, -0.25) is 14.5 Å². The molecule has 2 amide bonds. The van der Waals surface area contributed by atoms with Crippen LogP contribution >= 0.6 is 11.8 Å². The van der Waals surface area contributed by atoms with Crippen molar-refractivity contribution in [2.75, 3.05) is 23.1 Å². The summed E-state index contributed by atoms with van der Waals surface area (Å²) < 4.78 is 5.17. The van der Waals surface area contributed by atoms with Crippen molar-refractivity contribution in [3.05, 3.63) is 89.5 Å². The average molecular weight is 461 g/mol. The number of benzene rings is 3. The molecule has 1 aliphatic heterocycles. The third-order valence-corrected chi connectivity index (χ3v) is 6.88. The summed E-state index contributed by atoms with van der Waals surface area (Å²) in [5.41, 5.74) is 4.75. The zero-order valence-corrected chi connectivity index (χ0v) is 19.9. The second kappa shape index (κ2) is 10.1. The molecule has 5 nitrogen and oxygen atoms in total. The molecule has 0 saturated carbocycles. The van der Waals surface area contributed by atoms with E-state index in [2.05, 4.69) is 25.2 Å². The zero-order valence-electron chi connectivity index (χ0n) is 19.1. The number of hydrogen-bond donors (Lipinski definition) is 1. The van der Waals surface area contributed by atoms with Crippen LogP contribution in [0, 0.1) is 0 Å². The largest absolute Gasteiger partial charge is 0.497 e. The van der Waals surface area contributed by atoms with Crippen molar-refractivity contribution in [2.24, 2.45) is 0 Å². The standard InChI is InChI=1S/C27H28N2O3S/c1-18(2)23-9-4-5-10-24(23)29-26(31)17-33-27(29)20-7-6-8-21(16-20)28-25(30)15-19-11-13-22(32-3)14-12-19/h4-14,16,18,27H,15,17H2,1-3H3,(H,28,30)/t27-/m0/s1. The first-order valence-electron chi connectivity index (χ1n) is 11.0. The summed E-state index contributed by atoms with van der Waals surface area (Å²) in [6, 6.07) is 23.4. The molecule has 170 valence electrons. The summed E-state index contributed by atoms with van der Waals surface area (Å²) in [6.07, 6.45) is 0.277. The number of methoxy groups -OCH3 is 1. The molecule has 0 radical (unpaired) electrons. The minimum absolute atomic E-state index is 0.0884. The van der Waals surface area contributed by atoms with Crippen molar-refractivity contribution < 1.29 is 14.3 Å². The average Bonchev–Trinajstić information content (AvgIpc) is 3.21. The minimum atomic E-state index is -0.129. The number of carbonyl (C=O) groups is 2. The maximum absolute atomic E-state index is 12.9. The van der Waals surface area contributed by atoms with Crippen molar-refractivity contribution >= 4 is 35.0 Å². The molecule has 0 spiro atoms. The maximum Gasteiger partial charge on any atom is 0.238 e. The van der Waals surface area contributed by atoms with E-state index in [4.69, 9.17) is 4.74 Å². The summed E-state index contributed by atoms with van der Waals surface area (Å²) in [4.78, 5) is 27.4. The van der Waals surface area contributed by atoms with E-state index in [9.17, 15) is 9.59 Å². The third kappa shape index (κ3) is 5.22. The molecule has 1 N–H and O–H groups in total. The Labute approximate surface area is 199 Å². The van der Waals surface area contributed by atoms with Gasteiger partial charge in [0, 0.05) is 11.4 Å². The van der Waals surface area contributed by atoms with Gasteiger partial charge < -0.3 is 10.1 Å². The lowest BCUT2D eigenvalue weighted by Gasteiger charge is -2.28. The predicted octanol–water partition coefficient (Wildman–Crippen LogP) is 5.78. The van der Waals surface area contributed by atoms with Crippen LogP contribution in [0.1, 0.15) is 41.8 Å². The van der Waals surface area contributed by atoms with Crippen LogP contribution < -0.4 is 15.0 Å². The molecule has 1 heterocycles. The summed E-state index contributed by atoms with van der Waals surface area (Å²) in [5.74, 6) is 1.52. The Morgan fingerprint density at radius 3 is 2.58 bits per heavy atom. The van der Waals surface area contributed by atoms with Crippen molar-refractivity contribution in [3.8, 4) is 5.75 Å². The van der Waals surface area contributed by atoms with E-state index in [-0.39, 0.29) is 23.6 Å². The molecule has 0 unspecified atom stereocenters. The number of nitrogens with one attached hydrogen (secondary N) is 1. The molecule has 1 aliphatic rings. The van der Waals surface area contributed by atoms with E-state index >= 15 is 0 Å². The molecule has 0 aliphatic carbocycles. The van der Waals surface area contributed by atoms with Crippen molar-refractivity contribution in [1.29, 1.82) is 0 Å². The normalized spacial score (nSPS) is 15.7. The van der Waals surface area contributed by atoms with Crippen LogP contribution in [0.25, 0.3) is 0 Å². The minimum Gasteiger partial charge on any atom is -0.497 e. The highest BCUT2D eigenvalue weighted by atomic mass is 32.2. The van der Waals surface area contributed by atoms with Gasteiger partial charge in [0.05, 0.1) is 19.3 Å². The summed E-state index contributed by atoms with van der Waals surface area (Å²) in [6.45, 7) is 4.28. The van der Waals surface area contributed by atoms with E-state index in [0.717, 1.165) is 33.8 Å². The highest BCUT2D eigenvalue weighted by Crippen LogP contribution is 2.44. The van der Waals surface area contributed by atoms with Crippen LogP contribution in [-0.4, -0.2) is 24.7 Å². The molecule has 1 atom stereocenters. The second-order valence-electron chi connectivity index (χ2n) is 8.34. The molecule has 6 heteroatoms.